The maximum Gasteiger partial charge on any atom is 0.398 e. The largest absolute Gasteiger partial charge is 0.478 e. The lowest BCUT2D eigenvalue weighted by molar-refractivity contribution is -0.160. The Labute approximate surface area is 209 Å². The van der Waals surface area contributed by atoms with E-state index < -0.39 is 40.1 Å². The zero-order valence-corrected chi connectivity index (χ0v) is 19.9. The maximum atomic E-state index is 14.9. The zero-order chi connectivity index (χ0) is 26.0. The predicted octanol–water partition coefficient (Wildman–Crippen LogP) is 5.38. The van der Waals surface area contributed by atoms with Gasteiger partial charge in [0.25, 0.3) is 5.91 Å². The summed E-state index contributed by atoms with van der Waals surface area (Å²) in [6.07, 6.45) is -4.33. The van der Waals surface area contributed by atoms with Crippen molar-refractivity contribution < 1.29 is 36.5 Å². The molecule has 5 rings (SSSR count). The molecule has 2 aliphatic rings. The number of carboxylic acids is 1. The minimum atomic E-state index is -4.60. The lowest BCUT2D eigenvalue weighted by Gasteiger charge is -2.23. The lowest BCUT2D eigenvalue weighted by Crippen LogP contribution is -2.32. The highest BCUT2D eigenvalue weighted by molar-refractivity contribution is 7.85. The lowest BCUT2D eigenvalue weighted by atomic mass is 9.90. The summed E-state index contributed by atoms with van der Waals surface area (Å²) in [7, 11) is -1.66. The summed E-state index contributed by atoms with van der Waals surface area (Å²) < 4.78 is 70.5. The smallest absolute Gasteiger partial charge is 0.398 e. The van der Waals surface area contributed by atoms with Crippen LogP contribution >= 0.6 is 11.6 Å². The molecule has 6 nitrogen and oxygen atoms in total. The average molecular weight is 541 g/mol. The minimum absolute atomic E-state index is 0.0992. The molecular formula is C24H17ClF4N2O4S. The Morgan fingerprint density at radius 1 is 1.17 bits per heavy atom. The third kappa shape index (κ3) is 3.76. The van der Waals surface area contributed by atoms with E-state index in [4.69, 9.17) is 16.7 Å². The van der Waals surface area contributed by atoms with Crippen LogP contribution in [0.2, 0.25) is 5.02 Å². The van der Waals surface area contributed by atoms with Crippen molar-refractivity contribution in [2.45, 2.75) is 42.2 Å². The fourth-order valence-corrected chi connectivity index (χ4v) is 6.31. The topological polar surface area (TPSA) is 89.3 Å². The second kappa shape index (κ2) is 8.52. The molecule has 12 heteroatoms. The number of rotatable bonds is 4. The number of benzene rings is 2. The number of carbonyl (C=O) groups is 2. The van der Waals surface area contributed by atoms with Crippen LogP contribution in [0, 0.1) is 5.82 Å². The van der Waals surface area contributed by atoms with E-state index >= 15 is 0 Å². The molecule has 0 spiro atoms. The van der Waals surface area contributed by atoms with E-state index in [1.165, 1.54) is 18.2 Å². The molecule has 2 aromatic carbocycles. The van der Waals surface area contributed by atoms with Crippen LogP contribution in [0.4, 0.5) is 17.6 Å². The maximum absolute atomic E-state index is 14.9. The first kappa shape index (κ1) is 24.6. The molecular weight excluding hydrogens is 524 g/mol. The number of aromatic nitrogens is 2. The first-order valence-corrected chi connectivity index (χ1v) is 12.6. The van der Waals surface area contributed by atoms with Gasteiger partial charge >= 0.3 is 12.1 Å². The Balaban J connectivity index is 1.70. The van der Waals surface area contributed by atoms with Crippen LogP contribution in [0.15, 0.2) is 41.3 Å². The van der Waals surface area contributed by atoms with Crippen molar-refractivity contribution in [1.29, 1.82) is 0 Å². The van der Waals surface area contributed by atoms with Crippen molar-refractivity contribution in [2.24, 2.45) is 0 Å². The number of carbonyl (C=O) groups excluding carboxylic acids is 1. The molecule has 1 fully saturated rings. The summed E-state index contributed by atoms with van der Waals surface area (Å²) in [5.41, 5.74) is -3.23. The van der Waals surface area contributed by atoms with E-state index in [0.717, 1.165) is 22.9 Å². The summed E-state index contributed by atoms with van der Waals surface area (Å²) in [6.45, 7) is 0. The summed E-state index contributed by atoms with van der Waals surface area (Å²) in [5.74, 6) is -3.01. The monoisotopic (exact) mass is 540 g/mol. The van der Waals surface area contributed by atoms with Gasteiger partial charge in [-0.15, -0.1) is 0 Å². The highest BCUT2D eigenvalue weighted by Crippen LogP contribution is 2.60. The van der Waals surface area contributed by atoms with E-state index in [9.17, 15) is 31.4 Å². The van der Waals surface area contributed by atoms with Gasteiger partial charge in [-0.3, -0.25) is 9.00 Å². The van der Waals surface area contributed by atoms with Crippen molar-refractivity contribution >= 4 is 34.3 Å². The highest BCUT2D eigenvalue weighted by atomic mass is 35.5. The summed E-state index contributed by atoms with van der Waals surface area (Å²) in [6, 6.07) is 6.96. The standard InChI is InChI=1S/C24H17ClF4N2O4S/c25-15-4-1-3-14(23(8-9-23)24(27,28)29)18(15)21(32)31-17-5-2-10-36(35)20(17)19(30-31)13-7-6-12(22(33)34)11-16(13)26/h1,3-4,6-7,11H,2,5,8-10H2,(H,33,34). The Kier molecular flexibility index (Phi) is 5.83. The van der Waals surface area contributed by atoms with Crippen molar-refractivity contribution in [3.8, 4) is 11.3 Å². The molecule has 0 bridgehead atoms. The normalized spacial score (nSPS) is 18.5. The molecule has 2 heterocycles. The summed E-state index contributed by atoms with van der Waals surface area (Å²) >= 11 is 6.26. The van der Waals surface area contributed by atoms with Gasteiger partial charge in [-0.25, -0.2) is 9.18 Å². The number of carboxylic acid groups (broad SMARTS) is 1. The Morgan fingerprint density at radius 2 is 1.89 bits per heavy atom. The number of hydrogen-bond acceptors (Lipinski definition) is 4. The molecule has 1 unspecified atom stereocenters. The first-order valence-electron chi connectivity index (χ1n) is 10.9. The number of nitrogens with zero attached hydrogens (tertiary/aromatic N) is 2. The van der Waals surface area contributed by atoms with E-state index in [1.54, 1.807) is 0 Å². The van der Waals surface area contributed by atoms with Crippen LogP contribution in [0.5, 0.6) is 0 Å². The van der Waals surface area contributed by atoms with E-state index in [1.807, 2.05) is 0 Å². The van der Waals surface area contributed by atoms with Gasteiger partial charge in [0, 0.05) is 11.3 Å². The van der Waals surface area contributed by atoms with Crippen molar-refractivity contribution in [3.63, 3.8) is 0 Å². The molecule has 188 valence electrons. The third-order valence-electron chi connectivity index (χ3n) is 6.60. The molecule has 1 N–H and O–H groups in total. The minimum Gasteiger partial charge on any atom is -0.478 e. The van der Waals surface area contributed by atoms with Gasteiger partial charge in [0.1, 0.15) is 11.5 Å². The van der Waals surface area contributed by atoms with Crippen LogP contribution in [-0.2, 0) is 22.6 Å². The molecule has 1 aliphatic heterocycles. The average Bonchev–Trinajstić information content (AvgIpc) is 3.54. The van der Waals surface area contributed by atoms with Gasteiger partial charge in [0.2, 0.25) is 0 Å². The second-order valence-electron chi connectivity index (χ2n) is 8.74. The Hall–Kier alpha value is -3.05. The van der Waals surface area contributed by atoms with E-state index in [0.29, 0.717) is 6.42 Å². The molecule has 1 atom stereocenters. The fraction of sp³-hybridized carbons (Fsp3) is 0.292. The van der Waals surface area contributed by atoms with Gasteiger partial charge in [-0.1, -0.05) is 23.7 Å². The summed E-state index contributed by atoms with van der Waals surface area (Å²) in [4.78, 5) is 25.0. The van der Waals surface area contributed by atoms with E-state index in [2.05, 4.69) is 5.10 Å². The van der Waals surface area contributed by atoms with Crippen LogP contribution in [0.25, 0.3) is 11.3 Å². The molecule has 0 saturated heterocycles. The van der Waals surface area contributed by atoms with Gasteiger partial charge in [0.05, 0.1) is 43.0 Å². The third-order valence-corrected chi connectivity index (χ3v) is 8.46. The van der Waals surface area contributed by atoms with Gasteiger partial charge in [-0.05, 0) is 55.5 Å². The van der Waals surface area contributed by atoms with Crippen LogP contribution < -0.4 is 0 Å². The number of fused-ring (bicyclic) bond motifs is 1. The molecule has 36 heavy (non-hydrogen) atoms. The highest BCUT2D eigenvalue weighted by Gasteiger charge is 2.65. The van der Waals surface area contributed by atoms with Crippen molar-refractivity contribution in [3.05, 3.63) is 69.6 Å². The molecule has 1 saturated carbocycles. The van der Waals surface area contributed by atoms with E-state index in [-0.39, 0.29) is 68.6 Å². The van der Waals surface area contributed by atoms with Gasteiger partial charge < -0.3 is 5.11 Å². The molecule has 1 aromatic heterocycles. The SMILES string of the molecule is O=C(O)c1ccc(-c2nn(C(=O)c3c(Cl)cccc3C3(C(F)(F)F)CC3)c3c2S(=O)CCC3)c(F)c1. The van der Waals surface area contributed by atoms with Gasteiger partial charge in [0.15, 0.2) is 0 Å². The number of aromatic carboxylic acids is 1. The first-order chi connectivity index (χ1) is 17.0. The fourth-order valence-electron chi connectivity index (χ4n) is 4.63. The van der Waals surface area contributed by atoms with Crippen molar-refractivity contribution in [1.82, 2.24) is 9.78 Å². The zero-order valence-electron chi connectivity index (χ0n) is 18.4. The number of halogens is 5. The molecule has 0 radical (unpaired) electrons. The second-order valence-corrected chi connectivity index (χ2v) is 10.7. The molecule has 1 aliphatic carbocycles. The van der Waals surface area contributed by atoms with Crippen molar-refractivity contribution in [2.75, 3.05) is 5.75 Å². The quantitative estimate of drug-likeness (QED) is 0.449. The molecule has 0 amide bonds. The predicted molar refractivity (Wildman–Crippen MR) is 122 cm³/mol. The summed E-state index contributed by atoms with van der Waals surface area (Å²) in [5, 5.41) is 13.1. The Morgan fingerprint density at radius 3 is 2.50 bits per heavy atom. The van der Waals surface area contributed by atoms with Crippen LogP contribution in [-0.4, -0.2) is 42.9 Å². The van der Waals surface area contributed by atoms with Crippen LogP contribution in [0.1, 0.15) is 51.2 Å². The Bertz CT molecular complexity index is 1460. The van der Waals surface area contributed by atoms with Crippen LogP contribution in [0.3, 0.4) is 0 Å². The van der Waals surface area contributed by atoms with Gasteiger partial charge in [-0.2, -0.15) is 23.0 Å². The molecule has 3 aromatic rings. The number of hydrogen-bond donors (Lipinski definition) is 1. The number of alkyl halides is 3.